The van der Waals surface area contributed by atoms with Crippen molar-refractivity contribution in [2.45, 2.75) is 38.4 Å². The van der Waals surface area contributed by atoms with Crippen LogP contribution in [0.15, 0.2) is 48.5 Å². The van der Waals surface area contributed by atoms with Crippen LogP contribution in [0, 0.1) is 0 Å². The molecule has 2 aromatic carbocycles. The predicted octanol–water partition coefficient (Wildman–Crippen LogP) is 3.95. The van der Waals surface area contributed by atoms with Crippen molar-refractivity contribution in [1.82, 2.24) is 9.80 Å². The molecule has 0 N–H and O–H groups in total. The molecule has 0 bridgehead atoms. The van der Waals surface area contributed by atoms with Gasteiger partial charge in [0.15, 0.2) is 0 Å². The lowest BCUT2D eigenvalue weighted by molar-refractivity contribution is 0.0268. The average Bonchev–Trinajstić information content (AvgIpc) is 2.73. The van der Waals surface area contributed by atoms with Gasteiger partial charge >= 0.3 is 5.97 Å². The van der Waals surface area contributed by atoms with Crippen molar-refractivity contribution in [2.24, 2.45) is 0 Å². The Kier molecular flexibility index (Phi) is 6.93. The summed E-state index contributed by atoms with van der Waals surface area (Å²) in [7, 11) is 1.38. The number of halogens is 1. The van der Waals surface area contributed by atoms with E-state index in [0.29, 0.717) is 17.0 Å². The van der Waals surface area contributed by atoms with Crippen LogP contribution >= 0.6 is 11.6 Å². The van der Waals surface area contributed by atoms with Crippen molar-refractivity contribution in [3.05, 3.63) is 70.8 Å². The highest BCUT2D eigenvalue weighted by Gasteiger charge is 2.33. The van der Waals surface area contributed by atoms with Crippen molar-refractivity contribution in [1.29, 1.82) is 0 Å². The second kappa shape index (κ2) is 9.42. The van der Waals surface area contributed by atoms with Gasteiger partial charge in [0, 0.05) is 43.2 Å². The molecular formula is C23H27ClN2O3. The number of rotatable bonds is 5. The zero-order valence-corrected chi connectivity index (χ0v) is 17.9. The largest absolute Gasteiger partial charge is 0.465 e. The van der Waals surface area contributed by atoms with Crippen molar-refractivity contribution in [2.75, 3.05) is 20.2 Å². The molecule has 2 atom stereocenters. The third-order valence-corrected chi connectivity index (χ3v) is 5.67. The van der Waals surface area contributed by atoms with Crippen molar-refractivity contribution in [3.63, 3.8) is 0 Å². The summed E-state index contributed by atoms with van der Waals surface area (Å²) < 4.78 is 4.74. The number of hydrogen-bond donors (Lipinski definition) is 0. The molecule has 5 nitrogen and oxygen atoms in total. The van der Waals surface area contributed by atoms with Gasteiger partial charge in [0.2, 0.25) is 0 Å². The number of amides is 1. The molecule has 2 aromatic rings. The topological polar surface area (TPSA) is 49.9 Å². The van der Waals surface area contributed by atoms with E-state index in [2.05, 4.69) is 18.7 Å². The minimum Gasteiger partial charge on any atom is -0.465 e. The molecule has 1 fully saturated rings. The molecule has 29 heavy (non-hydrogen) atoms. The molecule has 0 aromatic heterocycles. The van der Waals surface area contributed by atoms with Crippen molar-refractivity contribution in [3.8, 4) is 0 Å². The highest BCUT2D eigenvalue weighted by atomic mass is 35.5. The first-order valence-electron chi connectivity index (χ1n) is 9.80. The van der Waals surface area contributed by atoms with Gasteiger partial charge in [-0.2, -0.15) is 0 Å². The van der Waals surface area contributed by atoms with E-state index >= 15 is 0 Å². The lowest BCUT2D eigenvalue weighted by Gasteiger charge is -2.44. The molecule has 0 unspecified atom stereocenters. The monoisotopic (exact) mass is 414 g/mol. The summed E-state index contributed by atoms with van der Waals surface area (Å²) in [6.45, 7) is 6.56. The lowest BCUT2D eigenvalue weighted by Crippen LogP contribution is -2.58. The highest BCUT2D eigenvalue weighted by Crippen LogP contribution is 2.21. The summed E-state index contributed by atoms with van der Waals surface area (Å²) in [5, 5.41) is 0. The first kappa shape index (κ1) is 21.3. The molecule has 154 valence electrons. The molecule has 0 radical (unpaired) electrons. The number of alkyl halides is 1. The quantitative estimate of drug-likeness (QED) is 0.549. The summed E-state index contributed by atoms with van der Waals surface area (Å²) in [5.41, 5.74) is 3.39. The number of methoxy groups -OCH3 is 1. The molecule has 6 heteroatoms. The third kappa shape index (κ3) is 4.98. The summed E-state index contributed by atoms with van der Waals surface area (Å²) in [4.78, 5) is 29.0. The number of carbonyl (C=O) groups is 2. The second-order valence-corrected chi connectivity index (χ2v) is 7.89. The van der Waals surface area contributed by atoms with E-state index in [-0.39, 0.29) is 24.0 Å². The molecule has 1 aliphatic heterocycles. The van der Waals surface area contributed by atoms with Gasteiger partial charge in [0.05, 0.1) is 12.7 Å². The maximum absolute atomic E-state index is 13.0. The SMILES string of the molecule is COC(=O)c1ccc(CN2C[C@@H](C)N(C(=O)c3ccc(CCl)cc3)[C@@H](C)C2)cc1. The van der Waals surface area contributed by atoms with E-state index in [4.69, 9.17) is 16.3 Å². The Morgan fingerprint density at radius 3 is 1.97 bits per heavy atom. The van der Waals surface area contributed by atoms with Gasteiger partial charge < -0.3 is 9.64 Å². The van der Waals surface area contributed by atoms with E-state index < -0.39 is 0 Å². The molecule has 0 spiro atoms. The molecule has 1 heterocycles. The minimum absolute atomic E-state index is 0.0632. The summed E-state index contributed by atoms with van der Waals surface area (Å²) in [6.07, 6.45) is 0. The molecule has 1 aliphatic rings. The molecule has 1 amide bonds. The number of piperazine rings is 1. The maximum Gasteiger partial charge on any atom is 0.337 e. The summed E-state index contributed by atoms with van der Waals surface area (Å²) >= 11 is 5.84. The Labute approximate surface area is 177 Å². The van der Waals surface area contributed by atoms with Crippen LogP contribution in [0.3, 0.4) is 0 Å². The zero-order valence-electron chi connectivity index (χ0n) is 17.1. The Morgan fingerprint density at radius 1 is 0.931 bits per heavy atom. The second-order valence-electron chi connectivity index (χ2n) is 7.62. The lowest BCUT2D eigenvalue weighted by atomic mass is 10.0. The normalized spacial score (nSPS) is 19.8. The van der Waals surface area contributed by atoms with Crippen LogP contribution in [0.2, 0.25) is 0 Å². The van der Waals surface area contributed by atoms with Gasteiger partial charge in [0.1, 0.15) is 0 Å². The Bertz CT molecular complexity index is 839. The van der Waals surface area contributed by atoms with Crippen molar-refractivity contribution >= 4 is 23.5 Å². The predicted molar refractivity (Wildman–Crippen MR) is 114 cm³/mol. The number of benzene rings is 2. The zero-order chi connectivity index (χ0) is 21.0. The Hall–Kier alpha value is -2.37. The molecule has 0 aliphatic carbocycles. The molecule has 1 saturated heterocycles. The smallest absolute Gasteiger partial charge is 0.337 e. The molecular weight excluding hydrogens is 388 g/mol. The fraction of sp³-hybridized carbons (Fsp3) is 0.391. The van der Waals surface area contributed by atoms with E-state index in [1.165, 1.54) is 7.11 Å². The van der Waals surface area contributed by atoms with Crippen molar-refractivity contribution < 1.29 is 14.3 Å². The van der Waals surface area contributed by atoms with Gasteiger partial charge in [-0.1, -0.05) is 24.3 Å². The van der Waals surface area contributed by atoms with Gasteiger partial charge in [-0.25, -0.2) is 4.79 Å². The number of carbonyl (C=O) groups excluding carboxylic acids is 2. The van der Waals surface area contributed by atoms with Crippen LogP contribution in [0.1, 0.15) is 45.7 Å². The Morgan fingerprint density at radius 2 is 1.45 bits per heavy atom. The van der Waals surface area contributed by atoms with E-state index in [0.717, 1.165) is 30.8 Å². The van der Waals surface area contributed by atoms with Crippen LogP contribution in [-0.2, 0) is 17.2 Å². The molecule has 3 rings (SSSR count). The number of nitrogens with zero attached hydrogens (tertiary/aromatic N) is 2. The van der Waals surface area contributed by atoms with Crippen LogP contribution in [0.25, 0.3) is 0 Å². The summed E-state index contributed by atoms with van der Waals surface area (Å²) in [5.74, 6) is 0.179. The van der Waals surface area contributed by atoms with Gasteiger partial charge in [-0.05, 0) is 49.2 Å². The maximum atomic E-state index is 13.0. The van der Waals surface area contributed by atoms with E-state index in [9.17, 15) is 9.59 Å². The minimum atomic E-state index is -0.329. The van der Waals surface area contributed by atoms with Crippen LogP contribution in [0.5, 0.6) is 0 Å². The fourth-order valence-electron chi connectivity index (χ4n) is 3.97. The standard InChI is InChI=1S/C23H27ClN2O3/c1-16-13-25(15-19-6-10-21(11-7-19)23(28)29-3)14-17(2)26(16)22(27)20-8-4-18(12-24)5-9-20/h4-11,16-17H,12-15H2,1-3H3/t16-,17+. The number of ether oxygens (including phenoxy) is 1. The van der Waals surface area contributed by atoms with Crippen LogP contribution in [-0.4, -0.2) is 54.0 Å². The average molecular weight is 415 g/mol. The highest BCUT2D eigenvalue weighted by molar-refractivity contribution is 6.17. The summed E-state index contributed by atoms with van der Waals surface area (Å²) in [6, 6.07) is 15.2. The first-order chi connectivity index (χ1) is 13.9. The number of esters is 1. The van der Waals surface area contributed by atoms with Gasteiger partial charge in [0.25, 0.3) is 5.91 Å². The fourth-order valence-corrected chi connectivity index (χ4v) is 4.15. The van der Waals surface area contributed by atoms with E-state index in [1.54, 1.807) is 12.1 Å². The van der Waals surface area contributed by atoms with Gasteiger partial charge in [-0.15, -0.1) is 11.6 Å². The van der Waals surface area contributed by atoms with Gasteiger partial charge in [-0.3, -0.25) is 9.69 Å². The Balaban J connectivity index is 1.64. The van der Waals surface area contributed by atoms with Crippen LogP contribution in [0.4, 0.5) is 0 Å². The number of hydrogen-bond acceptors (Lipinski definition) is 4. The first-order valence-corrected chi connectivity index (χ1v) is 10.3. The third-order valence-electron chi connectivity index (χ3n) is 5.37. The van der Waals surface area contributed by atoms with Crippen LogP contribution < -0.4 is 0 Å². The van der Waals surface area contributed by atoms with E-state index in [1.807, 2.05) is 41.3 Å². The molecule has 0 saturated carbocycles.